The molecule has 3 nitrogen and oxygen atoms in total. The number of aromatic amines is 1. The second-order valence-corrected chi connectivity index (χ2v) is 4.05. The molecule has 2 rings (SSSR count). The quantitative estimate of drug-likeness (QED) is 0.765. The van der Waals surface area contributed by atoms with Crippen molar-refractivity contribution in [2.75, 3.05) is 7.05 Å². The Labute approximate surface area is 94.9 Å². The van der Waals surface area contributed by atoms with Crippen LogP contribution in [0, 0.1) is 6.92 Å². The van der Waals surface area contributed by atoms with E-state index in [1.54, 1.807) is 7.05 Å². The zero-order valence-corrected chi connectivity index (χ0v) is 9.58. The molecule has 84 valence electrons. The standard InChI is InChI=1S/C13H16N2O/c1-9-4-3-5-12-10(7-15-13(9)12)6-11(8-16)14-2/h3-5,7-8,11,14-15H,6H2,1-2H3. The lowest BCUT2D eigenvalue weighted by molar-refractivity contribution is -0.109. The number of hydrogen-bond donors (Lipinski definition) is 2. The maximum Gasteiger partial charge on any atom is 0.137 e. The average Bonchev–Trinajstić information content (AvgIpc) is 2.71. The average molecular weight is 216 g/mol. The van der Waals surface area contributed by atoms with Crippen molar-refractivity contribution in [3.63, 3.8) is 0 Å². The summed E-state index contributed by atoms with van der Waals surface area (Å²) in [6.07, 6.45) is 3.67. The molecule has 16 heavy (non-hydrogen) atoms. The number of rotatable bonds is 4. The summed E-state index contributed by atoms with van der Waals surface area (Å²) in [7, 11) is 1.80. The van der Waals surface area contributed by atoms with E-state index < -0.39 is 0 Å². The molecular weight excluding hydrogens is 200 g/mol. The number of carbonyl (C=O) groups is 1. The van der Waals surface area contributed by atoms with Gasteiger partial charge in [-0.3, -0.25) is 0 Å². The summed E-state index contributed by atoms with van der Waals surface area (Å²) in [5, 5.41) is 4.20. The summed E-state index contributed by atoms with van der Waals surface area (Å²) in [4.78, 5) is 14.1. The van der Waals surface area contributed by atoms with Crippen molar-refractivity contribution < 1.29 is 4.79 Å². The Bertz CT molecular complexity index is 502. The van der Waals surface area contributed by atoms with Gasteiger partial charge in [-0.05, 0) is 31.5 Å². The zero-order chi connectivity index (χ0) is 11.5. The number of aromatic nitrogens is 1. The molecule has 1 atom stereocenters. The molecule has 1 heterocycles. The molecule has 1 aromatic heterocycles. The third-order valence-electron chi connectivity index (χ3n) is 2.98. The number of likely N-dealkylation sites (N-methyl/N-ethyl adjacent to an activating group) is 1. The number of aryl methyl sites for hydroxylation is 1. The van der Waals surface area contributed by atoms with Gasteiger partial charge in [-0.25, -0.2) is 0 Å². The van der Waals surface area contributed by atoms with Crippen molar-refractivity contribution in [1.29, 1.82) is 0 Å². The minimum atomic E-state index is -0.112. The van der Waals surface area contributed by atoms with Gasteiger partial charge in [-0.2, -0.15) is 0 Å². The molecule has 0 bridgehead atoms. The van der Waals surface area contributed by atoms with Gasteiger partial charge in [0, 0.05) is 17.1 Å². The highest BCUT2D eigenvalue weighted by atomic mass is 16.1. The number of para-hydroxylation sites is 1. The predicted molar refractivity (Wildman–Crippen MR) is 65.7 cm³/mol. The summed E-state index contributed by atoms with van der Waals surface area (Å²) >= 11 is 0. The van der Waals surface area contributed by atoms with Gasteiger partial charge in [-0.1, -0.05) is 18.2 Å². The van der Waals surface area contributed by atoms with E-state index in [0.29, 0.717) is 0 Å². The summed E-state index contributed by atoms with van der Waals surface area (Å²) < 4.78 is 0. The van der Waals surface area contributed by atoms with Crippen LogP contribution in [-0.2, 0) is 11.2 Å². The van der Waals surface area contributed by atoms with Crippen molar-refractivity contribution in [2.45, 2.75) is 19.4 Å². The molecule has 0 radical (unpaired) electrons. The fourth-order valence-electron chi connectivity index (χ4n) is 1.99. The summed E-state index contributed by atoms with van der Waals surface area (Å²) in [6, 6.07) is 6.10. The van der Waals surface area contributed by atoms with E-state index in [4.69, 9.17) is 0 Å². The second-order valence-electron chi connectivity index (χ2n) is 4.05. The molecule has 0 fully saturated rings. The smallest absolute Gasteiger partial charge is 0.137 e. The van der Waals surface area contributed by atoms with Gasteiger partial charge in [0.1, 0.15) is 6.29 Å². The van der Waals surface area contributed by atoms with E-state index in [1.807, 2.05) is 12.3 Å². The Kier molecular flexibility index (Phi) is 3.06. The molecule has 1 unspecified atom stereocenters. The minimum absolute atomic E-state index is 0.112. The number of nitrogens with one attached hydrogen (secondary N) is 2. The molecule has 0 saturated carbocycles. The largest absolute Gasteiger partial charge is 0.361 e. The van der Waals surface area contributed by atoms with Crippen LogP contribution >= 0.6 is 0 Å². The van der Waals surface area contributed by atoms with Crippen LogP contribution < -0.4 is 5.32 Å². The van der Waals surface area contributed by atoms with Gasteiger partial charge in [0.15, 0.2) is 0 Å². The van der Waals surface area contributed by atoms with E-state index in [0.717, 1.165) is 12.7 Å². The number of aldehydes is 1. The van der Waals surface area contributed by atoms with Crippen molar-refractivity contribution in [3.8, 4) is 0 Å². The molecule has 0 spiro atoms. The molecule has 3 heteroatoms. The van der Waals surface area contributed by atoms with Crippen LogP contribution in [0.4, 0.5) is 0 Å². The monoisotopic (exact) mass is 216 g/mol. The van der Waals surface area contributed by atoms with Crippen molar-refractivity contribution >= 4 is 17.2 Å². The predicted octanol–water partition coefficient (Wildman–Crippen LogP) is 1.81. The van der Waals surface area contributed by atoms with Gasteiger partial charge < -0.3 is 15.1 Å². The Morgan fingerprint density at radius 2 is 2.31 bits per heavy atom. The number of hydrogen-bond acceptors (Lipinski definition) is 2. The number of carbonyl (C=O) groups excluding carboxylic acids is 1. The SMILES string of the molecule is CNC(C=O)Cc1c[nH]c2c(C)cccc12. The molecule has 2 N–H and O–H groups in total. The van der Waals surface area contributed by atoms with Crippen LogP contribution in [-0.4, -0.2) is 24.4 Å². The molecule has 0 aliphatic rings. The van der Waals surface area contributed by atoms with Crippen molar-refractivity contribution in [1.82, 2.24) is 10.3 Å². The van der Waals surface area contributed by atoms with Gasteiger partial charge in [0.05, 0.1) is 6.04 Å². The summed E-state index contributed by atoms with van der Waals surface area (Å²) in [5.41, 5.74) is 3.58. The molecule has 2 aromatic rings. The van der Waals surface area contributed by atoms with E-state index in [2.05, 4.69) is 29.4 Å². The highest BCUT2D eigenvalue weighted by molar-refractivity contribution is 5.86. The second kappa shape index (κ2) is 4.49. The van der Waals surface area contributed by atoms with Crippen LogP contribution in [0.3, 0.4) is 0 Å². The lowest BCUT2D eigenvalue weighted by atomic mass is 10.0. The van der Waals surface area contributed by atoms with Crippen molar-refractivity contribution in [2.24, 2.45) is 0 Å². The summed E-state index contributed by atoms with van der Waals surface area (Å²) in [6.45, 7) is 2.08. The van der Waals surface area contributed by atoms with E-state index in [-0.39, 0.29) is 6.04 Å². The Hall–Kier alpha value is -1.61. The molecule has 0 amide bonds. The number of H-pyrrole nitrogens is 1. The van der Waals surface area contributed by atoms with Gasteiger partial charge >= 0.3 is 0 Å². The zero-order valence-electron chi connectivity index (χ0n) is 9.58. The minimum Gasteiger partial charge on any atom is -0.361 e. The lowest BCUT2D eigenvalue weighted by Crippen LogP contribution is -2.28. The lowest BCUT2D eigenvalue weighted by Gasteiger charge is -2.07. The molecular formula is C13H16N2O. The fraction of sp³-hybridized carbons (Fsp3) is 0.308. The van der Waals surface area contributed by atoms with E-state index in [1.165, 1.54) is 22.0 Å². The van der Waals surface area contributed by atoms with Crippen LogP contribution in [0.1, 0.15) is 11.1 Å². The van der Waals surface area contributed by atoms with Gasteiger partial charge in [0.25, 0.3) is 0 Å². The molecule has 0 aliphatic carbocycles. The maximum absolute atomic E-state index is 10.8. The van der Waals surface area contributed by atoms with Gasteiger partial charge in [0.2, 0.25) is 0 Å². The molecule has 1 aromatic carbocycles. The Balaban J connectivity index is 2.38. The first-order chi connectivity index (χ1) is 7.76. The third-order valence-corrected chi connectivity index (χ3v) is 2.98. The number of benzene rings is 1. The van der Waals surface area contributed by atoms with Crippen LogP contribution in [0.25, 0.3) is 10.9 Å². The van der Waals surface area contributed by atoms with E-state index >= 15 is 0 Å². The van der Waals surface area contributed by atoms with Crippen LogP contribution in [0.5, 0.6) is 0 Å². The third kappa shape index (κ3) is 1.86. The van der Waals surface area contributed by atoms with Crippen molar-refractivity contribution in [3.05, 3.63) is 35.5 Å². The first-order valence-corrected chi connectivity index (χ1v) is 5.44. The Morgan fingerprint density at radius 1 is 1.50 bits per heavy atom. The summed E-state index contributed by atoms with van der Waals surface area (Å²) in [5.74, 6) is 0. The highest BCUT2D eigenvalue weighted by Crippen LogP contribution is 2.21. The first-order valence-electron chi connectivity index (χ1n) is 5.44. The van der Waals surface area contributed by atoms with Crippen LogP contribution in [0.2, 0.25) is 0 Å². The highest BCUT2D eigenvalue weighted by Gasteiger charge is 2.10. The van der Waals surface area contributed by atoms with Crippen LogP contribution in [0.15, 0.2) is 24.4 Å². The normalized spacial score (nSPS) is 12.9. The van der Waals surface area contributed by atoms with E-state index in [9.17, 15) is 4.79 Å². The molecule has 0 saturated heterocycles. The topological polar surface area (TPSA) is 44.9 Å². The first kappa shape index (κ1) is 10.9. The van der Waals surface area contributed by atoms with Gasteiger partial charge in [-0.15, -0.1) is 0 Å². The maximum atomic E-state index is 10.8. The Morgan fingerprint density at radius 3 is 3.00 bits per heavy atom. The fourth-order valence-corrected chi connectivity index (χ4v) is 1.99. The number of fused-ring (bicyclic) bond motifs is 1. The molecule has 0 aliphatic heterocycles.